The van der Waals surface area contributed by atoms with Crippen LogP contribution < -0.4 is 10.9 Å². The van der Waals surface area contributed by atoms with E-state index in [1.165, 1.54) is 29.0 Å². The summed E-state index contributed by atoms with van der Waals surface area (Å²) in [7, 11) is 0. The second-order valence-corrected chi connectivity index (χ2v) is 5.06. The number of aromatic amines is 1. The van der Waals surface area contributed by atoms with Crippen molar-refractivity contribution in [2.75, 3.05) is 5.32 Å². The van der Waals surface area contributed by atoms with Gasteiger partial charge in [-0.1, -0.05) is 6.07 Å². The second kappa shape index (κ2) is 5.99. The molecule has 0 aliphatic rings. The lowest BCUT2D eigenvalue weighted by molar-refractivity contribution is -0.116. The number of carbonyl (C=O) groups is 1. The van der Waals surface area contributed by atoms with Gasteiger partial charge in [0.2, 0.25) is 5.91 Å². The minimum Gasteiger partial charge on any atom is -0.326 e. The average molecular weight is 315 g/mol. The van der Waals surface area contributed by atoms with E-state index in [9.17, 15) is 14.0 Å². The number of nitrogens with zero attached hydrogens (tertiary/aromatic N) is 3. The van der Waals surface area contributed by atoms with E-state index in [0.717, 1.165) is 0 Å². The molecule has 3 rings (SSSR count). The standard InChI is InChI=1S/C15H14FN5O2/c1-9-12(14(23)21-15(19-9)17-8-18-21)5-6-13(22)20-11-4-2-3-10(16)7-11/h2-4,7-8H,5-6H2,1H3,(H,20,22)(H,17,18,19). The highest BCUT2D eigenvalue weighted by Gasteiger charge is 2.13. The third kappa shape index (κ3) is 3.10. The number of aromatic nitrogens is 4. The number of hydrogen-bond donors (Lipinski definition) is 2. The van der Waals surface area contributed by atoms with E-state index in [1.54, 1.807) is 13.0 Å². The summed E-state index contributed by atoms with van der Waals surface area (Å²) >= 11 is 0. The molecule has 8 heteroatoms. The van der Waals surface area contributed by atoms with Crippen LogP contribution in [0.5, 0.6) is 0 Å². The minimum absolute atomic E-state index is 0.0917. The Bertz CT molecular complexity index is 931. The average Bonchev–Trinajstić information content (AvgIpc) is 2.95. The number of halogens is 1. The fraction of sp³-hybridized carbons (Fsp3) is 0.200. The van der Waals surface area contributed by atoms with Gasteiger partial charge in [-0.05, 0) is 31.5 Å². The molecule has 0 unspecified atom stereocenters. The molecular formula is C15H14FN5O2. The number of rotatable bonds is 4. The summed E-state index contributed by atoms with van der Waals surface area (Å²) in [6.07, 6.45) is 1.71. The first-order chi connectivity index (χ1) is 11.0. The highest BCUT2D eigenvalue weighted by atomic mass is 19.1. The molecule has 0 radical (unpaired) electrons. The van der Waals surface area contributed by atoms with Crippen LogP contribution in [0.1, 0.15) is 17.7 Å². The van der Waals surface area contributed by atoms with Gasteiger partial charge in [0, 0.05) is 17.7 Å². The van der Waals surface area contributed by atoms with Crippen LogP contribution in [0, 0.1) is 12.7 Å². The van der Waals surface area contributed by atoms with Crippen molar-refractivity contribution in [3.05, 3.63) is 58.0 Å². The number of amides is 1. The van der Waals surface area contributed by atoms with Crippen LogP contribution in [0.3, 0.4) is 0 Å². The highest BCUT2D eigenvalue weighted by molar-refractivity contribution is 5.90. The number of nitrogens with one attached hydrogen (secondary N) is 2. The summed E-state index contributed by atoms with van der Waals surface area (Å²) < 4.78 is 14.3. The fourth-order valence-corrected chi connectivity index (χ4v) is 2.31. The SMILES string of the molecule is Cc1nc2nc[nH]n2c(=O)c1CCC(=O)Nc1cccc(F)c1. The normalized spacial score (nSPS) is 10.9. The van der Waals surface area contributed by atoms with E-state index in [-0.39, 0.29) is 24.3 Å². The number of aryl methyl sites for hydroxylation is 1. The quantitative estimate of drug-likeness (QED) is 0.762. The summed E-state index contributed by atoms with van der Waals surface area (Å²) in [6.45, 7) is 1.70. The van der Waals surface area contributed by atoms with Crippen LogP contribution in [-0.4, -0.2) is 25.5 Å². The first kappa shape index (κ1) is 14.9. The second-order valence-electron chi connectivity index (χ2n) is 5.06. The molecule has 0 aliphatic heterocycles. The first-order valence-corrected chi connectivity index (χ1v) is 7.01. The summed E-state index contributed by atoms with van der Waals surface area (Å²) in [5, 5.41) is 5.27. The van der Waals surface area contributed by atoms with Gasteiger partial charge in [0.25, 0.3) is 11.3 Å². The van der Waals surface area contributed by atoms with E-state index in [0.29, 0.717) is 22.7 Å². The molecule has 0 spiro atoms. The lowest BCUT2D eigenvalue weighted by atomic mass is 10.1. The third-order valence-electron chi connectivity index (χ3n) is 3.44. The van der Waals surface area contributed by atoms with Crippen molar-refractivity contribution in [3.63, 3.8) is 0 Å². The number of carbonyl (C=O) groups excluding carboxylic acids is 1. The van der Waals surface area contributed by atoms with Crippen molar-refractivity contribution in [3.8, 4) is 0 Å². The van der Waals surface area contributed by atoms with Gasteiger partial charge in [0.05, 0.1) is 5.69 Å². The van der Waals surface area contributed by atoms with Gasteiger partial charge in [0.1, 0.15) is 12.1 Å². The van der Waals surface area contributed by atoms with Crippen LogP contribution in [-0.2, 0) is 11.2 Å². The maximum absolute atomic E-state index is 13.1. The Hall–Kier alpha value is -3.03. The number of anilines is 1. The van der Waals surface area contributed by atoms with Crippen LogP contribution in [0.2, 0.25) is 0 Å². The molecule has 3 aromatic rings. The van der Waals surface area contributed by atoms with Gasteiger partial charge in [-0.3, -0.25) is 14.7 Å². The summed E-state index contributed by atoms with van der Waals surface area (Å²) in [5.74, 6) is -0.435. The Morgan fingerprint density at radius 1 is 1.43 bits per heavy atom. The Balaban J connectivity index is 1.73. The molecular weight excluding hydrogens is 301 g/mol. The molecule has 0 bridgehead atoms. The molecule has 0 saturated carbocycles. The molecule has 0 saturated heterocycles. The van der Waals surface area contributed by atoms with Crippen molar-refractivity contribution in [2.45, 2.75) is 19.8 Å². The molecule has 0 aliphatic carbocycles. The molecule has 7 nitrogen and oxygen atoms in total. The summed E-state index contributed by atoms with van der Waals surface area (Å²) in [4.78, 5) is 32.4. The molecule has 0 fully saturated rings. The van der Waals surface area contributed by atoms with Crippen molar-refractivity contribution >= 4 is 17.4 Å². The molecule has 1 amide bonds. The number of H-pyrrole nitrogens is 1. The molecule has 0 atom stereocenters. The zero-order valence-electron chi connectivity index (χ0n) is 12.3. The van der Waals surface area contributed by atoms with E-state index in [2.05, 4.69) is 20.4 Å². The number of hydrogen-bond acceptors (Lipinski definition) is 4. The fourth-order valence-electron chi connectivity index (χ4n) is 2.31. The minimum atomic E-state index is -0.425. The Morgan fingerprint density at radius 2 is 2.26 bits per heavy atom. The van der Waals surface area contributed by atoms with Crippen LogP contribution >= 0.6 is 0 Å². The predicted molar refractivity (Wildman–Crippen MR) is 81.7 cm³/mol. The van der Waals surface area contributed by atoms with Crippen LogP contribution in [0.4, 0.5) is 10.1 Å². The number of benzene rings is 1. The molecule has 2 N–H and O–H groups in total. The topological polar surface area (TPSA) is 92.2 Å². The van der Waals surface area contributed by atoms with Gasteiger partial charge in [0.15, 0.2) is 0 Å². The van der Waals surface area contributed by atoms with Crippen molar-refractivity contribution in [1.82, 2.24) is 19.6 Å². The zero-order valence-corrected chi connectivity index (χ0v) is 12.3. The van der Waals surface area contributed by atoms with Gasteiger partial charge in [-0.2, -0.15) is 4.52 Å². The maximum atomic E-state index is 13.1. The molecule has 23 heavy (non-hydrogen) atoms. The Morgan fingerprint density at radius 3 is 3.04 bits per heavy atom. The molecule has 2 heterocycles. The Kier molecular flexibility index (Phi) is 3.88. The van der Waals surface area contributed by atoms with E-state index >= 15 is 0 Å². The van der Waals surface area contributed by atoms with Crippen LogP contribution in [0.25, 0.3) is 5.78 Å². The lowest BCUT2D eigenvalue weighted by Crippen LogP contribution is -2.23. The first-order valence-electron chi connectivity index (χ1n) is 7.01. The van der Waals surface area contributed by atoms with Gasteiger partial charge in [-0.15, -0.1) is 0 Å². The molecule has 118 valence electrons. The highest BCUT2D eigenvalue weighted by Crippen LogP contribution is 2.10. The van der Waals surface area contributed by atoms with Crippen molar-refractivity contribution in [2.24, 2.45) is 0 Å². The van der Waals surface area contributed by atoms with Gasteiger partial charge < -0.3 is 5.32 Å². The zero-order chi connectivity index (χ0) is 16.4. The van der Waals surface area contributed by atoms with Crippen LogP contribution in [0.15, 0.2) is 35.4 Å². The van der Waals surface area contributed by atoms with Gasteiger partial charge in [-0.25, -0.2) is 14.4 Å². The molecule has 1 aromatic carbocycles. The third-order valence-corrected chi connectivity index (χ3v) is 3.44. The lowest BCUT2D eigenvalue weighted by Gasteiger charge is -2.06. The smallest absolute Gasteiger partial charge is 0.277 e. The largest absolute Gasteiger partial charge is 0.326 e. The summed E-state index contributed by atoms with van der Waals surface area (Å²) in [6, 6.07) is 5.64. The van der Waals surface area contributed by atoms with Crippen molar-refractivity contribution < 1.29 is 9.18 Å². The van der Waals surface area contributed by atoms with Gasteiger partial charge >= 0.3 is 0 Å². The predicted octanol–water partition coefficient (Wildman–Crippen LogP) is 1.44. The number of fused-ring (bicyclic) bond motifs is 1. The van der Waals surface area contributed by atoms with Crippen molar-refractivity contribution in [1.29, 1.82) is 0 Å². The maximum Gasteiger partial charge on any atom is 0.277 e. The summed E-state index contributed by atoms with van der Waals surface area (Å²) in [5.41, 5.74) is 1.09. The van der Waals surface area contributed by atoms with E-state index < -0.39 is 5.82 Å². The molecule has 2 aromatic heterocycles. The van der Waals surface area contributed by atoms with E-state index in [4.69, 9.17) is 0 Å². The Labute approximate surface area is 130 Å². The monoisotopic (exact) mass is 315 g/mol. The van der Waals surface area contributed by atoms with E-state index in [1.807, 2.05) is 0 Å².